The van der Waals surface area contributed by atoms with Crippen LogP contribution < -0.4 is 5.32 Å². The van der Waals surface area contributed by atoms with Gasteiger partial charge in [-0.15, -0.1) is 0 Å². The highest BCUT2D eigenvalue weighted by molar-refractivity contribution is 5.97. The van der Waals surface area contributed by atoms with Crippen molar-refractivity contribution in [2.24, 2.45) is 0 Å². The smallest absolute Gasteiger partial charge is 0.241 e. The number of aromatic nitrogens is 3. The van der Waals surface area contributed by atoms with E-state index in [0.29, 0.717) is 5.69 Å². The predicted molar refractivity (Wildman–Crippen MR) is 102 cm³/mol. The van der Waals surface area contributed by atoms with Crippen molar-refractivity contribution < 1.29 is 22.5 Å². The van der Waals surface area contributed by atoms with E-state index in [2.05, 4.69) is 20.4 Å². The van der Waals surface area contributed by atoms with Crippen LogP contribution in [0.3, 0.4) is 0 Å². The first kappa shape index (κ1) is 19.3. The van der Waals surface area contributed by atoms with E-state index in [0.717, 1.165) is 17.7 Å². The third-order valence-electron chi connectivity index (χ3n) is 4.25. The zero-order chi connectivity index (χ0) is 21.1. The van der Waals surface area contributed by atoms with E-state index >= 15 is 0 Å². The minimum absolute atomic E-state index is 0.0125. The molecule has 2 aromatic carbocycles. The van der Waals surface area contributed by atoms with Gasteiger partial charge in [-0.25, -0.2) is 23.1 Å². The van der Waals surface area contributed by atoms with E-state index in [1.807, 2.05) is 6.07 Å². The summed E-state index contributed by atoms with van der Waals surface area (Å²) in [5.41, 5.74) is 1.17. The number of anilines is 1. The largest absolute Gasteiger partial charge is 0.337 e. The van der Waals surface area contributed by atoms with Gasteiger partial charge < -0.3 is 4.52 Å². The van der Waals surface area contributed by atoms with Crippen molar-refractivity contribution in [1.82, 2.24) is 15.1 Å². The Morgan fingerprint density at radius 2 is 1.77 bits per heavy atom. The quantitative estimate of drug-likeness (QED) is 0.494. The van der Waals surface area contributed by atoms with Gasteiger partial charge in [0.25, 0.3) is 0 Å². The van der Waals surface area contributed by atoms with Crippen molar-refractivity contribution in [2.75, 3.05) is 5.32 Å². The molecule has 0 fully saturated rings. The number of nitrogens with one attached hydrogen (secondary N) is 1. The van der Waals surface area contributed by atoms with Crippen molar-refractivity contribution in [3.8, 4) is 22.5 Å². The molecule has 0 saturated carbocycles. The molecule has 30 heavy (non-hydrogen) atoms. The predicted octanol–water partition coefficient (Wildman–Crippen LogP) is 4.40. The Labute approximate surface area is 168 Å². The van der Waals surface area contributed by atoms with Crippen LogP contribution in [0.15, 0.2) is 65.6 Å². The Kier molecular flexibility index (Phi) is 5.25. The van der Waals surface area contributed by atoms with Crippen LogP contribution in [-0.2, 0) is 11.2 Å². The molecular formula is C21H13F3N4O2. The van der Waals surface area contributed by atoms with E-state index < -0.39 is 23.4 Å². The van der Waals surface area contributed by atoms with Gasteiger partial charge >= 0.3 is 0 Å². The maximum Gasteiger partial charge on any atom is 0.241 e. The summed E-state index contributed by atoms with van der Waals surface area (Å²) in [5.74, 6) is -4.81. The Morgan fingerprint density at radius 3 is 2.43 bits per heavy atom. The molecule has 4 rings (SSSR count). The monoisotopic (exact) mass is 410 g/mol. The number of hydrogen-bond donors (Lipinski definition) is 1. The highest BCUT2D eigenvalue weighted by Gasteiger charge is 2.24. The molecule has 0 bridgehead atoms. The first-order valence-electron chi connectivity index (χ1n) is 8.77. The third kappa shape index (κ3) is 3.90. The summed E-state index contributed by atoms with van der Waals surface area (Å²) < 4.78 is 46.1. The van der Waals surface area contributed by atoms with Gasteiger partial charge in [0.15, 0.2) is 17.5 Å². The third-order valence-corrected chi connectivity index (χ3v) is 4.25. The lowest BCUT2D eigenvalue weighted by molar-refractivity contribution is -0.115. The highest BCUT2D eigenvalue weighted by Crippen LogP contribution is 2.37. The van der Waals surface area contributed by atoms with E-state index in [1.165, 1.54) is 18.6 Å². The van der Waals surface area contributed by atoms with Crippen LogP contribution in [0.5, 0.6) is 0 Å². The van der Waals surface area contributed by atoms with Crippen LogP contribution in [0.2, 0.25) is 0 Å². The summed E-state index contributed by atoms with van der Waals surface area (Å²) in [6.07, 6.45) is 2.77. The fourth-order valence-electron chi connectivity index (χ4n) is 2.89. The van der Waals surface area contributed by atoms with Crippen molar-refractivity contribution in [3.05, 3.63) is 84.1 Å². The maximum atomic E-state index is 13.8. The zero-order valence-electron chi connectivity index (χ0n) is 15.3. The minimum atomic E-state index is -1.60. The normalized spacial score (nSPS) is 10.8. The molecule has 0 aliphatic carbocycles. The Bertz CT molecular complexity index is 1170. The second kappa shape index (κ2) is 8.16. The lowest BCUT2D eigenvalue weighted by atomic mass is 10.0. The van der Waals surface area contributed by atoms with Gasteiger partial charge in [0.2, 0.25) is 11.8 Å². The molecule has 0 aliphatic rings. The average molecular weight is 410 g/mol. The van der Waals surface area contributed by atoms with Crippen LogP contribution >= 0.6 is 0 Å². The van der Waals surface area contributed by atoms with Gasteiger partial charge in [-0.2, -0.15) is 0 Å². The summed E-state index contributed by atoms with van der Waals surface area (Å²) in [5, 5.41) is 6.43. The number of hydrogen-bond acceptors (Lipinski definition) is 5. The van der Waals surface area contributed by atoms with E-state index in [4.69, 9.17) is 4.52 Å². The lowest BCUT2D eigenvalue weighted by Gasteiger charge is -2.06. The molecule has 1 N–H and O–H groups in total. The van der Waals surface area contributed by atoms with Crippen molar-refractivity contribution in [3.63, 3.8) is 0 Å². The zero-order valence-corrected chi connectivity index (χ0v) is 15.3. The number of carbonyl (C=O) groups is 1. The molecule has 6 nitrogen and oxygen atoms in total. The molecule has 9 heteroatoms. The second-order valence-corrected chi connectivity index (χ2v) is 6.29. The van der Waals surface area contributed by atoms with Crippen LogP contribution in [-0.4, -0.2) is 21.0 Å². The molecule has 0 unspecified atom stereocenters. The molecule has 4 aromatic rings. The van der Waals surface area contributed by atoms with Crippen molar-refractivity contribution in [1.29, 1.82) is 0 Å². The van der Waals surface area contributed by atoms with Crippen molar-refractivity contribution >= 4 is 11.8 Å². The molecule has 0 saturated heterocycles. The van der Waals surface area contributed by atoms with Crippen LogP contribution in [0.1, 0.15) is 5.56 Å². The molecule has 150 valence electrons. The average Bonchev–Trinajstić information content (AvgIpc) is 3.16. The van der Waals surface area contributed by atoms with Crippen LogP contribution in [0.4, 0.5) is 19.1 Å². The van der Waals surface area contributed by atoms with Gasteiger partial charge in [0.1, 0.15) is 12.0 Å². The minimum Gasteiger partial charge on any atom is -0.337 e. The molecule has 0 aliphatic heterocycles. The SMILES string of the molecule is O=C(Cc1ccccc1)Nc1onc(-c2cc(F)c(F)c(F)c2)c1-c1ccncn1. The molecule has 0 spiro atoms. The molecule has 2 aromatic heterocycles. The number of rotatable bonds is 5. The number of amides is 1. The standard InChI is InChI=1S/C21H13F3N4O2/c22-14-9-13(10-15(23)19(14)24)20-18(16-6-7-25-11-26-16)21(30-28-20)27-17(29)8-12-4-2-1-3-5-12/h1-7,9-11H,8H2,(H,27,29). The number of halogens is 3. The first-order valence-corrected chi connectivity index (χ1v) is 8.77. The van der Waals surface area contributed by atoms with E-state index in [1.54, 1.807) is 24.3 Å². The molecular weight excluding hydrogens is 397 g/mol. The van der Waals surface area contributed by atoms with Gasteiger partial charge in [0, 0.05) is 11.8 Å². The fraction of sp³-hybridized carbons (Fsp3) is 0.0476. The Morgan fingerprint density at radius 1 is 1.03 bits per heavy atom. The number of nitrogens with zero attached hydrogens (tertiary/aromatic N) is 3. The molecule has 0 radical (unpaired) electrons. The maximum absolute atomic E-state index is 13.8. The van der Waals surface area contributed by atoms with E-state index in [-0.39, 0.29) is 29.1 Å². The first-order chi connectivity index (χ1) is 14.5. The van der Waals surface area contributed by atoms with Gasteiger partial charge in [-0.1, -0.05) is 35.5 Å². The topological polar surface area (TPSA) is 80.9 Å². The summed E-state index contributed by atoms with van der Waals surface area (Å²) >= 11 is 0. The summed E-state index contributed by atoms with van der Waals surface area (Å²) in [6, 6.07) is 12.1. The molecule has 0 atom stereocenters. The van der Waals surface area contributed by atoms with E-state index in [9.17, 15) is 18.0 Å². The summed E-state index contributed by atoms with van der Waals surface area (Å²) in [7, 11) is 0. The highest BCUT2D eigenvalue weighted by atomic mass is 19.2. The Balaban J connectivity index is 1.74. The second-order valence-electron chi connectivity index (χ2n) is 6.29. The van der Waals surface area contributed by atoms with Crippen LogP contribution in [0, 0.1) is 17.5 Å². The molecule has 2 heterocycles. The molecule has 1 amide bonds. The lowest BCUT2D eigenvalue weighted by Crippen LogP contribution is -2.14. The Hall–Kier alpha value is -4.01. The summed E-state index contributed by atoms with van der Waals surface area (Å²) in [4.78, 5) is 20.4. The fourth-order valence-corrected chi connectivity index (χ4v) is 2.89. The van der Waals surface area contributed by atoms with Crippen LogP contribution in [0.25, 0.3) is 22.5 Å². The van der Waals surface area contributed by atoms with Gasteiger partial charge in [0.05, 0.1) is 17.7 Å². The van der Waals surface area contributed by atoms with Crippen molar-refractivity contribution in [2.45, 2.75) is 6.42 Å². The number of benzene rings is 2. The van der Waals surface area contributed by atoms with Gasteiger partial charge in [-0.3, -0.25) is 10.1 Å². The van der Waals surface area contributed by atoms with Gasteiger partial charge in [-0.05, 0) is 23.8 Å². The summed E-state index contributed by atoms with van der Waals surface area (Å²) in [6.45, 7) is 0. The number of carbonyl (C=O) groups excluding carboxylic acids is 1.